The first-order chi connectivity index (χ1) is 8.85. The van der Waals surface area contributed by atoms with Crippen molar-refractivity contribution < 1.29 is 0 Å². The Morgan fingerprint density at radius 2 is 1.94 bits per heavy atom. The number of pyridine rings is 1. The Hall–Kier alpha value is -1.13. The number of nitrogens with two attached hydrogens (primary N) is 1. The second-order valence-electron chi connectivity index (χ2n) is 5.42. The average molecular weight is 246 g/mol. The number of rotatable bonds is 4. The maximum atomic E-state index is 5.64. The molecular formula is C14H22N4. The minimum atomic E-state index is 0.523. The highest BCUT2D eigenvalue weighted by molar-refractivity contribution is 5.39. The molecular weight excluding hydrogens is 224 g/mol. The van der Waals surface area contributed by atoms with Crippen LogP contribution in [0.3, 0.4) is 0 Å². The van der Waals surface area contributed by atoms with Gasteiger partial charge in [-0.05, 0) is 30.9 Å². The Morgan fingerprint density at radius 3 is 2.61 bits per heavy atom. The molecule has 1 saturated carbocycles. The van der Waals surface area contributed by atoms with Crippen LogP contribution in [0.25, 0.3) is 0 Å². The Bertz CT molecular complexity index is 395. The van der Waals surface area contributed by atoms with Crippen LogP contribution >= 0.6 is 0 Å². The van der Waals surface area contributed by atoms with Crippen molar-refractivity contribution in [2.24, 2.45) is 11.7 Å². The predicted molar refractivity (Wildman–Crippen MR) is 73.5 cm³/mol. The molecule has 4 heteroatoms. The first kappa shape index (κ1) is 11.9. The standard InChI is InChI=1S/C14H22N4/c15-10-13-2-1-3-14(16-13)18-8-6-17(7-9-18)11-12-4-5-12/h1-3,12H,4-11,15H2. The van der Waals surface area contributed by atoms with Crippen LogP contribution in [-0.2, 0) is 6.54 Å². The molecule has 4 nitrogen and oxygen atoms in total. The number of nitrogens with zero attached hydrogens (tertiary/aromatic N) is 3. The van der Waals surface area contributed by atoms with Gasteiger partial charge in [0.15, 0.2) is 0 Å². The van der Waals surface area contributed by atoms with Gasteiger partial charge in [0.25, 0.3) is 0 Å². The Balaban J connectivity index is 1.57. The first-order valence-corrected chi connectivity index (χ1v) is 6.98. The smallest absolute Gasteiger partial charge is 0.128 e. The fourth-order valence-corrected chi connectivity index (χ4v) is 2.58. The highest BCUT2D eigenvalue weighted by atomic mass is 15.3. The van der Waals surface area contributed by atoms with Crippen LogP contribution in [0.5, 0.6) is 0 Å². The highest BCUT2D eigenvalue weighted by Crippen LogP contribution is 2.30. The van der Waals surface area contributed by atoms with Crippen molar-refractivity contribution in [3.8, 4) is 0 Å². The van der Waals surface area contributed by atoms with E-state index in [2.05, 4.69) is 26.9 Å². The first-order valence-electron chi connectivity index (χ1n) is 6.98. The lowest BCUT2D eigenvalue weighted by atomic mass is 10.2. The van der Waals surface area contributed by atoms with Crippen LogP contribution in [-0.4, -0.2) is 42.6 Å². The lowest BCUT2D eigenvalue weighted by Gasteiger charge is -2.35. The SMILES string of the molecule is NCc1cccc(N2CCN(CC3CC3)CC2)n1. The van der Waals surface area contributed by atoms with Crippen LogP contribution in [0.2, 0.25) is 0 Å². The molecule has 1 aliphatic carbocycles. The van der Waals surface area contributed by atoms with Crippen molar-refractivity contribution in [1.82, 2.24) is 9.88 Å². The number of aromatic nitrogens is 1. The topological polar surface area (TPSA) is 45.4 Å². The third-order valence-corrected chi connectivity index (χ3v) is 3.91. The molecule has 2 N–H and O–H groups in total. The molecule has 1 saturated heterocycles. The summed E-state index contributed by atoms with van der Waals surface area (Å²) in [5.41, 5.74) is 6.62. The van der Waals surface area contributed by atoms with E-state index in [1.807, 2.05) is 6.07 Å². The highest BCUT2D eigenvalue weighted by Gasteiger charge is 2.26. The lowest BCUT2D eigenvalue weighted by molar-refractivity contribution is 0.247. The molecule has 0 aromatic carbocycles. The van der Waals surface area contributed by atoms with Crippen molar-refractivity contribution in [3.63, 3.8) is 0 Å². The number of hydrogen-bond acceptors (Lipinski definition) is 4. The summed E-state index contributed by atoms with van der Waals surface area (Å²) in [4.78, 5) is 9.57. The minimum absolute atomic E-state index is 0.523. The van der Waals surface area contributed by atoms with Crippen molar-refractivity contribution in [3.05, 3.63) is 23.9 Å². The van der Waals surface area contributed by atoms with E-state index in [9.17, 15) is 0 Å². The van der Waals surface area contributed by atoms with E-state index in [1.165, 1.54) is 32.5 Å². The van der Waals surface area contributed by atoms with Gasteiger partial charge in [0, 0.05) is 39.3 Å². The summed E-state index contributed by atoms with van der Waals surface area (Å²) in [5.74, 6) is 2.08. The van der Waals surface area contributed by atoms with E-state index >= 15 is 0 Å². The Morgan fingerprint density at radius 1 is 1.17 bits per heavy atom. The third-order valence-electron chi connectivity index (χ3n) is 3.91. The van der Waals surface area contributed by atoms with Crippen molar-refractivity contribution in [2.45, 2.75) is 19.4 Å². The zero-order valence-corrected chi connectivity index (χ0v) is 10.9. The van der Waals surface area contributed by atoms with Crippen molar-refractivity contribution >= 4 is 5.82 Å². The van der Waals surface area contributed by atoms with Crippen molar-refractivity contribution in [1.29, 1.82) is 0 Å². The van der Waals surface area contributed by atoms with Gasteiger partial charge >= 0.3 is 0 Å². The van der Waals surface area contributed by atoms with Crippen LogP contribution in [0.4, 0.5) is 5.82 Å². The maximum absolute atomic E-state index is 5.64. The second-order valence-corrected chi connectivity index (χ2v) is 5.42. The fraction of sp³-hybridized carbons (Fsp3) is 0.643. The third kappa shape index (κ3) is 2.82. The summed E-state index contributed by atoms with van der Waals surface area (Å²) in [6, 6.07) is 6.14. The van der Waals surface area contributed by atoms with Crippen LogP contribution in [0.1, 0.15) is 18.5 Å². The summed E-state index contributed by atoms with van der Waals surface area (Å²) in [6.45, 7) is 6.36. The number of anilines is 1. The summed E-state index contributed by atoms with van der Waals surface area (Å²) < 4.78 is 0. The molecule has 0 bridgehead atoms. The van der Waals surface area contributed by atoms with E-state index in [1.54, 1.807) is 0 Å². The quantitative estimate of drug-likeness (QED) is 0.863. The monoisotopic (exact) mass is 246 g/mol. The number of hydrogen-bond donors (Lipinski definition) is 1. The normalized spacial score (nSPS) is 21.3. The van der Waals surface area contributed by atoms with Gasteiger partial charge in [0.05, 0.1) is 5.69 Å². The molecule has 1 aromatic rings. The molecule has 0 atom stereocenters. The molecule has 2 aliphatic rings. The van der Waals surface area contributed by atoms with Gasteiger partial charge in [-0.2, -0.15) is 0 Å². The molecule has 1 aromatic heterocycles. The van der Waals surface area contributed by atoms with Gasteiger partial charge in [0.1, 0.15) is 5.82 Å². The van der Waals surface area contributed by atoms with Crippen LogP contribution < -0.4 is 10.6 Å². The predicted octanol–water partition coefficient (Wildman–Crippen LogP) is 1.07. The largest absolute Gasteiger partial charge is 0.354 e. The molecule has 0 spiro atoms. The Labute approximate surface area is 109 Å². The minimum Gasteiger partial charge on any atom is -0.354 e. The molecule has 18 heavy (non-hydrogen) atoms. The molecule has 98 valence electrons. The fourth-order valence-electron chi connectivity index (χ4n) is 2.58. The van der Waals surface area contributed by atoms with Crippen molar-refractivity contribution in [2.75, 3.05) is 37.6 Å². The summed E-state index contributed by atoms with van der Waals surface area (Å²) >= 11 is 0. The van der Waals surface area contributed by atoms with E-state index < -0.39 is 0 Å². The maximum Gasteiger partial charge on any atom is 0.128 e. The molecule has 0 amide bonds. The van der Waals surface area contributed by atoms with E-state index in [0.717, 1.165) is 30.5 Å². The van der Waals surface area contributed by atoms with Gasteiger partial charge in [-0.1, -0.05) is 6.07 Å². The van der Waals surface area contributed by atoms with Gasteiger partial charge in [0.2, 0.25) is 0 Å². The Kier molecular flexibility index (Phi) is 3.48. The molecule has 2 heterocycles. The van der Waals surface area contributed by atoms with Gasteiger partial charge in [-0.3, -0.25) is 4.90 Å². The molecule has 1 aliphatic heterocycles. The van der Waals surface area contributed by atoms with E-state index in [4.69, 9.17) is 5.73 Å². The number of piperazine rings is 1. The second kappa shape index (κ2) is 5.24. The molecule has 0 unspecified atom stereocenters. The summed E-state index contributed by atoms with van der Waals surface area (Å²) in [6.07, 6.45) is 2.89. The van der Waals surface area contributed by atoms with E-state index in [0.29, 0.717) is 6.54 Å². The molecule has 3 rings (SSSR count). The zero-order chi connectivity index (χ0) is 12.4. The zero-order valence-electron chi connectivity index (χ0n) is 10.9. The molecule has 2 fully saturated rings. The lowest BCUT2D eigenvalue weighted by Crippen LogP contribution is -2.47. The summed E-state index contributed by atoms with van der Waals surface area (Å²) in [7, 11) is 0. The van der Waals surface area contributed by atoms with E-state index in [-0.39, 0.29) is 0 Å². The summed E-state index contributed by atoms with van der Waals surface area (Å²) in [5, 5.41) is 0. The van der Waals surface area contributed by atoms with Crippen LogP contribution in [0.15, 0.2) is 18.2 Å². The van der Waals surface area contributed by atoms with Gasteiger partial charge in [-0.25, -0.2) is 4.98 Å². The molecule has 0 radical (unpaired) electrons. The van der Waals surface area contributed by atoms with Gasteiger partial charge < -0.3 is 10.6 Å². The van der Waals surface area contributed by atoms with Crippen LogP contribution in [0, 0.1) is 5.92 Å². The average Bonchev–Trinajstić information content (AvgIpc) is 3.24. The van der Waals surface area contributed by atoms with Gasteiger partial charge in [-0.15, -0.1) is 0 Å².